The minimum absolute atomic E-state index is 0.137. The molecule has 1 heterocycles. The molecule has 1 aromatic carbocycles. The van der Waals surface area contributed by atoms with Crippen LogP contribution >= 0.6 is 11.6 Å². The number of benzene rings is 1. The maximum absolute atomic E-state index is 12.3. The van der Waals surface area contributed by atoms with E-state index < -0.39 is 5.92 Å². The Morgan fingerprint density at radius 3 is 2.95 bits per heavy atom. The second kappa shape index (κ2) is 4.31. The number of rotatable bonds is 2. The van der Waals surface area contributed by atoms with Crippen LogP contribution in [0.2, 0.25) is 5.02 Å². The average Bonchev–Trinajstić information content (AvgIpc) is 2.93. The van der Waals surface area contributed by atoms with Gasteiger partial charge >= 0.3 is 0 Å². The number of carbonyl (C=O) groups excluding carboxylic acids is 2. The number of fused-ring (bicyclic) bond motifs is 1. The molecule has 0 spiro atoms. The van der Waals surface area contributed by atoms with Crippen LogP contribution in [-0.4, -0.2) is 21.1 Å². The van der Waals surface area contributed by atoms with Crippen molar-refractivity contribution < 1.29 is 9.59 Å². The number of aryl methyl sites for hydroxylation is 1. The molecular formula is C14H11ClN2O2. The van der Waals surface area contributed by atoms with E-state index in [1.165, 1.54) is 0 Å². The monoisotopic (exact) mass is 274 g/mol. The van der Waals surface area contributed by atoms with E-state index in [1.54, 1.807) is 42.3 Å². The van der Waals surface area contributed by atoms with E-state index >= 15 is 0 Å². The second-order valence-electron chi connectivity index (χ2n) is 4.71. The van der Waals surface area contributed by atoms with Crippen LogP contribution in [0.5, 0.6) is 0 Å². The molecule has 0 amide bonds. The first kappa shape index (κ1) is 12.1. The molecular weight excluding hydrogens is 264 g/mol. The molecule has 96 valence electrons. The zero-order valence-corrected chi connectivity index (χ0v) is 11.0. The minimum atomic E-state index is -0.664. The van der Waals surface area contributed by atoms with Crippen molar-refractivity contribution in [3.8, 4) is 0 Å². The Hall–Kier alpha value is -1.94. The predicted molar refractivity (Wildman–Crippen MR) is 70.5 cm³/mol. The summed E-state index contributed by atoms with van der Waals surface area (Å²) in [4.78, 5) is 28.5. The van der Waals surface area contributed by atoms with Crippen molar-refractivity contribution in [3.63, 3.8) is 0 Å². The number of nitrogens with zero attached hydrogens (tertiary/aromatic N) is 2. The van der Waals surface area contributed by atoms with Crippen LogP contribution in [-0.2, 0) is 13.5 Å². The summed E-state index contributed by atoms with van der Waals surface area (Å²) in [5, 5.41) is 0.581. The van der Waals surface area contributed by atoms with Gasteiger partial charge in [-0.1, -0.05) is 11.6 Å². The molecule has 5 heteroatoms. The summed E-state index contributed by atoms with van der Waals surface area (Å²) in [7, 11) is 1.79. The molecule has 2 aromatic rings. The number of ketones is 2. The lowest BCUT2D eigenvalue weighted by atomic mass is 9.98. The predicted octanol–water partition coefficient (Wildman–Crippen LogP) is 2.31. The number of imidazole rings is 1. The van der Waals surface area contributed by atoms with Crippen LogP contribution in [0.3, 0.4) is 0 Å². The van der Waals surface area contributed by atoms with Gasteiger partial charge in [0.1, 0.15) is 5.69 Å². The van der Waals surface area contributed by atoms with Crippen LogP contribution < -0.4 is 0 Å². The molecule has 1 aliphatic rings. The van der Waals surface area contributed by atoms with Gasteiger partial charge in [-0.05, 0) is 30.2 Å². The summed E-state index contributed by atoms with van der Waals surface area (Å²) in [6.45, 7) is 0. The van der Waals surface area contributed by atoms with Crippen molar-refractivity contribution in [1.82, 2.24) is 9.55 Å². The third-order valence-corrected chi connectivity index (χ3v) is 3.58. The lowest BCUT2D eigenvalue weighted by Crippen LogP contribution is -2.21. The second-order valence-corrected chi connectivity index (χ2v) is 5.15. The zero-order valence-electron chi connectivity index (χ0n) is 10.3. The maximum Gasteiger partial charge on any atom is 0.193 e. The van der Waals surface area contributed by atoms with E-state index in [0.717, 1.165) is 5.56 Å². The first-order valence-corrected chi connectivity index (χ1v) is 6.29. The Balaban J connectivity index is 1.93. The third kappa shape index (κ3) is 1.98. The van der Waals surface area contributed by atoms with E-state index in [9.17, 15) is 9.59 Å². The fourth-order valence-corrected chi connectivity index (χ4v) is 2.60. The Morgan fingerprint density at radius 2 is 2.26 bits per heavy atom. The molecule has 0 radical (unpaired) electrons. The molecule has 1 unspecified atom stereocenters. The standard InChI is InChI=1S/C14H11ClN2O2/c1-17-6-12(16-7-17)14(19)11-5-8-4-9(15)2-3-10(8)13(11)18/h2-4,6-7,11H,5H2,1H3. The number of carbonyl (C=O) groups is 2. The molecule has 0 saturated heterocycles. The van der Waals surface area contributed by atoms with Crippen molar-refractivity contribution in [2.45, 2.75) is 6.42 Å². The average molecular weight is 275 g/mol. The largest absolute Gasteiger partial charge is 0.340 e. The summed E-state index contributed by atoms with van der Waals surface area (Å²) in [5.41, 5.74) is 1.77. The van der Waals surface area contributed by atoms with Gasteiger partial charge in [0.15, 0.2) is 11.6 Å². The topological polar surface area (TPSA) is 52.0 Å². The molecule has 3 rings (SSSR count). The molecule has 1 aromatic heterocycles. The van der Waals surface area contributed by atoms with E-state index in [1.807, 2.05) is 0 Å². The highest BCUT2D eigenvalue weighted by Crippen LogP contribution is 2.30. The van der Waals surface area contributed by atoms with Crippen LogP contribution in [0.4, 0.5) is 0 Å². The summed E-state index contributed by atoms with van der Waals surface area (Å²) < 4.78 is 1.69. The van der Waals surface area contributed by atoms with Crippen LogP contribution in [0.15, 0.2) is 30.7 Å². The molecule has 0 fully saturated rings. The number of aromatic nitrogens is 2. The van der Waals surface area contributed by atoms with Gasteiger partial charge in [0.05, 0.1) is 12.2 Å². The molecule has 0 N–H and O–H groups in total. The molecule has 4 nitrogen and oxygen atoms in total. The van der Waals surface area contributed by atoms with E-state index in [0.29, 0.717) is 22.7 Å². The third-order valence-electron chi connectivity index (χ3n) is 3.35. The van der Waals surface area contributed by atoms with Crippen molar-refractivity contribution in [2.24, 2.45) is 13.0 Å². The van der Waals surface area contributed by atoms with Crippen LogP contribution in [0.25, 0.3) is 0 Å². The first-order valence-electron chi connectivity index (χ1n) is 5.91. The number of hydrogen-bond acceptors (Lipinski definition) is 3. The van der Waals surface area contributed by atoms with Gasteiger partial charge in [0, 0.05) is 23.8 Å². The highest BCUT2D eigenvalue weighted by Gasteiger charge is 2.36. The molecule has 1 atom stereocenters. The van der Waals surface area contributed by atoms with E-state index in [2.05, 4.69) is 4.98 Å². The van der Waals surface area contributed by atoms with Crippen molar-refractivity contribution in [1.29, 1.82) is 0 Å². The molecule has 19 heavy (non-hydrogen) atoms. The normalized spacial score (nSPS) is 17.6. The molecule has 0 bridgehead atoms. The van der Waals surface area contributed by atoms with Gasteiger partial charge in [0.25, 0.3) is 0 Å². The Morgan fingerprint density at radius 1 is 1.47 bits per heavy atom. The number of hydrogen-bond donors (Lipinski definition) is 0. The highest BCUT2D eigenvalue weighted by molar-refractivity contribution is 6.31. The Bertz CT molecular complexity index is 691. The molecule has 1 aliphatic carbocycles. The smallest absolute Gasteiger partial charge is 0.193 e. The lowest BCUT2D eigenvalue weighted by Gasteiger charge is -2.03. The van der Waals surface area contributed by atoms with Crippen LogP contribution in [0, 0.1) is 5.92 Å². The SMILES string of the molecule is Cn1cnc(C(=O)C2Cc3cc(Cl)ccc3C2=O)c1. The highest BCUT2D eigenvalue weighted by atomic mass is 35.5. The fraction of sp³-hybridized carbons (Fsp3) is 0.214. The van der Waals surface area contributed by atoms with E-state index in [4.69, 9.17) is 11.6 Å². The van der Waals surface area contributed by atoms with Crippen molar-refractivity contribution in [3.05, 3.63) is 52.6 Å². The first-order chi connectivity index (χ1) is 9.06. The van der Waals surface area contributed by atoms with Crippen molar-refractivity contribution >= 4 is 23.2 Å². The lowest BCUT2D eigenvalue weighted by molar-refractivity contribution is 0.0819. The van der Waals surface area contributed by atoms with E-state index in [-0.39, 0.29) is 11.6 Å². The quantitative estimate of drug-likeness (QED) is 0.624. The number of Topliss-reactive ketones (excluding diaryl/α,β-unsaturated/α-hetero) is 2. The summed E-state index contributed by atoms with van der Waals surface area (Å²) in [5.74, 6) is -1.02. The molecule has 0 aliphatic heterocycles. The zero-order chi connectivity index (χ0) is 13.6. The van der Waals surface area contributed by atoms with Crippen LogP contribution in [0.1, 0.15) is 26.4 Å². The maximum atomic E-state index is 12.3. The van der Waals surface area contributed by atoms with Gasteiger partial charge in [-0.15, -0.1) is 0 Å². The van der Waals surface area contributed by atoms with Gasteiger partial charge in [0.2, 0.25) is 0 Å². The van der Waals surface area contributed by atoms with Gasteiger partial charge in [-0.3, -0.25) is 9.59 Å². The Labute approximate surface area is 115 Å². The fourth-order valence-electron chi connectivity index (χ4n) is 2.40. The minimum Gasteiger partial charge on any atom is -0.340 e. The molecule has 0 saturated carbocycles. The van der Waals surface area contributed by atoms with Gasteiger partial charge in [-0.2, -0.15) is 0 Å². The Kier molecular flexibility index (Phi) is 2.75. The number of halogens is 1. The summed E-state index contributed by atoms with van der Waals surface area (Å²) in [6.07, 6.45) is 3.59. The van der Waals surface area contributed by atoms with Gasteiger partial charge in [-0.25, -0.2) is 4.98 Å². The van der Waals surface area contributed by atoms with Crippen molar-refractivity contribution in [2.75, 3.05) is 0 Å². The van der Waals surface area contributed by atoms with Gasteiger partial charge < -0.3 is 4.57 Å². The summed E-state index contributed by atoms with van der Waals surface area (Å²) in [6, 6.07) is 5.11. The summed E-state index contributed by atoms with van der Waals surface area (Å²) >= 11 is 5.91.